The van der Waals surface area contributed by atoms with Gasteiger partial charge in [-0.15, -0.1) is 0 Å². The molecule has 212 valence electrons. The van der Waals surface area contributed by atoms with E-state index in [0.717, 1.165) is 46.1 Å². The van der Waals surface area contributed by atoms with Crippen molar-refractivity contribution in [2.75, 3.05) is 11.9 Å². The first-order chi connectivity index (χ1) is 19.9. The van der Waals surface area contributed by atoms with E-state index in [2.05, 4.69) is 15.2 Å². The fraction of sp³-hybridized carbons (Fsp3) is 0.303. The van der Waals surface area contributed by atoms with Crippen LogP contribution in [0.5, 0.6) is 0 Å². The average Bonchev–Trinajstić information content (AvgIpc) is 3.34. The first kappa shape index (κ1) is 28.1. The van der Waals surface area contributed by atoms with Crippen LogP contribution in [0, 0.1) is 12.7 Å². The number of anilines is 2. The molecule has 0 aliphatic carbocycles. The molecule has 0 saturated carbocycles. The Morgan fingerprint density at radius 2 is 1.61 bits per heavy atom. The van der Waals surface area contributed by atoms with Crippen LogP contribution in [-0.4, -0.2) is 32.8 Å². The third-order valence-electron chi connectivity index (χ3n) is 7.37. The Morgan fingerprint density at radius 1 is 0.902 bits per heavy atom. The van der Waals surface area contributed by atoms with Crippen molar-refractivity contribution in [3.05, 3.63) is 101 Å². The van der Waals surface area contributed by atoms with Gasteiger partial charge in [-0.3, -0.25) is 9.59 Å². The highest BCUT2D eigenvalue weighted by atomic mass is 19.1. The first-order valence-electron chi connectivity index (χ1n) is 14.2. The monoisotopic (exact) mass is 553 g/mol. The topological polar surface area (TPSA) is 79.3 Å². The molecule has 8 heteroatoms. The van der Waals surface area contributed by atoms with Gasteiger partial charge in [0.05, 0.1) is 6.54 Å². The zero-order valence-corrected chi connectivity index (χ0v) is 23.6. The van der Waals surface area contributed by atoms with Crippen LogP contribution in [-0.2, 0) is 35.6 Å². The lowest BCUT2D eigenvalue weighted by molar-refractivity contribution is -0.132. The molecule has 2 N–H and O–H groups in total. The van der Waals surface area contributed by atoms with Crippen LogP contribution in [0.25, 0.3) is 11.3 Å². The molecular formula is C33H36FN5O2. The Balaban J connectivity index is 1.25. The lowest BCUT2D eigenvalue weighted by Gasteiger charge is -2.28. The van der Waals surface area contributed by atoms with Gasteiger partial charge < -0.3 is 20.1 Å². The normalized spacial score (nSPS) is 12.6. The van der Waals surface area contributed by atoms with E-state index in [9.17, 15) is 14.0 Å². The van der Waals surface area contributed by atoms with E-state index in [1.54, 1.807) is 12.1 Å². The van der Waals surface area contributed by atoms with Gasteiger partial charge in [0, 0.05) is 43.7 Å². The molecule has 7 nitrogen and oxygen atoms in total. The van der Waals surface area contributed by atoms with Crippen molar-refractivity contribution < 1.29 is 14.0 Å². The van der Waals surface area contributed by atoms with Crippen LogP contribution in [0.3, 0.4) is 0 Å². The average molecular weight is 554 g/mol. The van der Waals surface area contributed by atoms with Crippen molar-refractivity contribution in [1.82, 2.24) is 19.8 Å². The van der Waals surface area contributed by atoms with Gasteiger partial charge in [0.15, 0.2) is 0 Å². The van der Waals surface area contributed by atoms with Gasteiger partial charge >= 0.3 is 0 Å². The Kier molecular flexibility index (Phi) is 8.77. The highest BCUT2D eigenvalue weighted by molar-refractivity contribution is 5.79. The minimum absolute atomic E-state index is 0.0622. The maximum atomic E-state index is 13.7. The smallest absolute Gasteiger partial charge is 0.223 e. The number of imidazole rings is 1. The first-order valence-corrected chi connectivity index (χ1v) is 14.2. The van der Waals surface area contributed by atoms with Crippen LogP contribution in [0.15, 0.2) is 72.8 Å². The zero-order chi connectivity index (χ0) is 28.8. The summed E-state index contributed by atoms with van der Waals surface area (Å²) in [6, 6.07) is 22.5. The van der Waals surface area contributed by atoms with E-state index >= 15 is 0 Å². The number of rotatable bonds is 10. The van der Waals surface area contributed by atoms with Crippen molar-refractivity contribution in [3.8, 4) is 11.3 Å². The number of carbonyl (C=O) groups is 2. The van der Waals surface area contributed by atoms with Crippen molar-refractivity contribution >= 4 is 23.3 Å². The fourth-order valence-electron chi connectivity index (χ4n) is 5.00. The number of nitrogens with one attached hydrogen (secondary N) is 2. The molecule has 4 aromatic rings. The van der Waals surface area contributed by atoms with Gasteiger partial charge in [-0.25, -0.2) is 9.37 Å². The summed E-state index contributed by atoms with van der Waals surface area (Å²) in [5.41, 5.74) is 5.79. The molecule has 0 saturated heterocycles. The summed E-state index contributed by atoms with van der Waals surface area (Å²) in [5, 5.41) is 6.44. The SMILES string of the molecule is CCCC(=O)NCc1ccc(CCC(=O)N2CCn3c(nc(-c4ccc(F)cc4)c3Nc3ccc(C)cc3)C2)cc1. The second kappa shape index (κ2) is 12.8. The van der Waals surface area contributed by atoms with Gasteiger partial charge in [-0.1, -0.05) is 48.9 Å². The van der Waals surface area contributed by atoms with Crippen LogP contribution in [0.1, 0.15) is 48.7 Å². The van der Waals surface area contributed by atoms with Crippen LogP contribution < -0.4 is 10.6 Å². The summed E-state index contributed by atoms with van der Waals surface area (Å²) in [7, 11) is 0. The third kappa shape index (κ3) is 7.01. The Labute approximate surface area is 240 Å². The second-order valence-corrected chi connectivity index (χ2v) is 10.5. The molecule has 0 radical (unpaired) electrons. The van der Waals surface area contributed by atoms with E-state index in [-0.39, 0.29) is 17.6 Å². The molecule has 41 heavy (non-hydrogen) atoms. The summed E-state index contributed by atoms with van der Waals surface area (Å²) in [5.74, 6) is 1.50. The lowest BCUT2D eigenvalue weighted by atomic mass is 10.1. The maximum absolute atomic E-state index is 13.7. The molecule has 0 bridgehead atoms. The number of fused-ring (bicyclic) bond motifs is 1. The molecule has 1 aliphatic rings. The molecule has 0 spiro atoms. The zero-order valence-electron chi connectivity index (χ0n) is 23.6. The van der Waals surface area contributed by atoms with Crippen LogP contribution >= 0.6 is 0 Å². The number of carbonyl (C=O) groups excluding carboxylic acids is 2. The molecule has 1 aliphatic heterocycles. The number of hydrogen-bond acceptors (Lipinski definition) is 4. The summed E-state index contributed by atoms with van der Waals surface area (Å²) in [4.78, 5) is 31.7. The van der Waals surface area contributed by atoms with E-state index in [0.29, 0.717) is 45.4 Å². The molecule has 3 aromatic carbocycles. The van der Waals surface area contributed by atoms with Crippen molar-refractivity contribution in [2.45, 2.75) is 59.2 Å². The number of halogens is 1. The van der Waals surface area contributed by atoms with Gasteiger partial charge in [-0.2, -0.15) is 0 Å². The van der Waals surface area contributed by atoms with E-state index < -0.39 is 0 Å². The molecule has 0 fully saturated rings. The summed E-state index contributed by atoms with van der Waals surface area (Å²) >= 11 is 0. The molecule has 2 heterocycles. The number of aromatic nitrogens is 2. The van der Waals surface area contributed by atoms with Crippen LogP contribution in [0.4, 0.5) is 15.9 Å². The molecule has 0 atom stereocenters. The quantitative estimate of drug-likeness (QED) is 0.248. The van der Waals surface area contributed by atoms with Crippen molar-refractivity contribution in [2.24, 2.45) is 0 Å². The highest BCUT2D eigenvalue weighted by Crippen LogP contribution is 2.33. The minimum Gasteiger partial charge on any atom is -0.352 e. The Bertz CT molecular complexity index is 1490. The molecule has 0 unspecified atom stereocenters. The molecule has 5 rings (SSSR count). The number of benzene rings is 3. The summed E-state index contributed by atoms with van der Waals surface area (Å²) in [6.45, 7) is 6.16. The number of amides is 2. The Morgan fingerprint density at radius 3 is 2.32 bits per heavy atom. The summed E-state index contributed by atoms with van der Waals surface area (Å²) < 4.78 is 15.8. The van der Waals surface area contributed by atoms with Gasteiger partial charge in [0.2, 0.25) is 11.8 Å². The predicted octanol–water partition coefficient (Wildman–Crippen LogP) is 6.13. The molecular weight excluding hydrogens is 517 g/mol. The fourth-order valence-corrected chi connectivity index (χ4v) is 5.00. The van der Waals surface area contributed by atoms with Crippen LogP contribution in [0.2, 0.25) is 0 Å². The Hall–Kier alpha value is -4.46. The minimum atomic E-state index is -0.295. The van der Waals surface area contributed by atoms with E-state index in [1.807, 2.05) is 67.3 Å². The number of nitrogens with zero attached hydrogens (tertiary/aromatic N) is 3. The highest BCUT2D eigenvalue weighted by Gasteiger charge is 2.27. The number of aryl methyl sites for hydroxylation is 2. The predicted molar refractivity (Wildman–Crippen MR) is 159 cm³/mol. The molecule has 2 amide bonds. The third-order valence-corrected chi connectivity index (χ3v) is 7.37. The van der Waals surface area contributed by atoms with Crippen molar-refractivity contribution in [3.63, 3.8) is 0 Å². The lowest BCUT2D eigenvalue weighted by Crippen LogP contribution is -2.38. The van der Waals surface area contributed by atoms with E-state index in [1.165, 1.54) is 17.7 Å². The van der Waals surface area contributed by atoms with Crippen molar-refractivity contribution in [1.29, 1.82) is 0 Å². The largest absolute Gasteiger partial charge is 0.352 e. The van der Waals surface area contributed by atoms with Gasteiger partial charge in [0.25, 0.3) is 0 Å². The second-order valence-electron chi connectivity index (χ2n) is 10.5. The van der Waals surface area contributed by atoms with Gasteiger partial charge in [-0.05, 0) is 67.3 Å². The van der Waals surface area contributed by atoms with Gasteiger partial charge in [0.1, 0.15) is 23.2 Å². The number of hydrogen-bond donors (Lipinski definition) is 2. The molecule has 1 aromatic heterocycles. The maximum Gasteiger partial charge on any atom is 0.223 e. The van der Waals surface area contributed by atoms with E-state index in [4.69, 9.17) is 4.98 Å². The summed E-state index contributed by atoms with van der Waals surface area (Å²) in [6.07, 6.45) is 2.42. The standard InChI is InChI=1S/C33H36FN5O2/c1-3-4-30(40)35-21-25-9-7-24(8-10-25)11-18-31(41)38-19-20-39-29(22-38)37-32(26-12-14-27(34)15-13-26)33(39)36-28-16-5-23(2)6-17-28/h5-10,12-17,36H,3-4,11,18-22H2,1-2H3,(H,35,40).